The molecule has 1 aliphatic heterocycles. The summed E-state index contributed by atoms with van der Waals surface area (Å²) < 4.78 is 19.1. The van der Waals surface area contributed by atoms with Crippen LogP contribution in [0.15, 0.2) is 60.8 Å². The van der Waals surface area contributed by atoms with Crippen molar-refractivity contribution < 1.29 is 13.9 Å². The second kappa shape index (κ2) is 5.90. The Morgan fingerprint density at radius 2 is 1.96 bits per heavy atom. The fourth-order valence-corrected chi connectivity index (χ4v) is 2.64. The normalized spacial score (nSPS) is 18.1. The summed E-state index contributed by atoms with van der Waals surface area (Å²) in [6.45, 7) is 0.328. The Hall–Kier alpha value is -3.42. The highest BCUT2D eigenvalue weighted by molar-refractivity contribution is 5.88. The highest BCUT2D eigenvalue weighted by Crippen LogP contribution is 2.32. The number of fused-ring (bicyclic) bond motifs is 1. The molecule has 0 saturated carbocycles. The van der Waals surface area contributed by atoms with Gasteiger partial charge in [-0.3, -0.25) is 10.2 Å². The molecule has 0 bridgehead atoms. The molecule has 0 fully saturated rings. The zero-order chi connectivity index (χ0) is 17.3. The van der Waals surface area contributed by atoms with Gasteiger partial charge in [0, 0.05) is 12.1 Å². The van der Waals surface area contributed by atoms with Crippen LogP contribution in [0.25, 0.3) is 0 Å². The monoisotopic (exact) mass is 339 g/mol. The highest BCUT2D eigenvalue weighted by atomic mass is 19.1. The number of nitrogens with zero attached hydrogens (tertiary/aromatic N) is 3. The van der Waals surface area contributed by atoms with Crippen LogP contribution in [0.3, 0.4) is 0 Å². The first-order valence-electron chi connectivity index (χ1n) is 7.63. The van der Waals surface area contributed by atoms with Gasteiger partial charge in [-0.15, -0.1) is 9.89 Å². The van der Waals surface area contributed by atoms with Gasteiger partial charge in [0.25, 0.3) is 11.8 Å². The number of aromatic nitrogens is 3. The van der Waals surface area contributed by atoms with Crippen molar-refractivity contribution in [2.75, 3.05) is 5.43 Å². The van der Waals surface area contributed by atoms with E-state index in [9.17, 15) is 9.18 Å². The Kier molecular flexibility index (Phi) is 3.57. The van der Waals surface area contributed by atoms with E-state index >= 15 is 0 Å². The number of hydrogen-bond acceptors (Lipinski definition) is 5. The minimum Gasteiger partial charge on any atom is -0.433 e. The second-order valence-corrected chi connectivity index (χ2v) is 5.55. The van der Waals surface area contributed by atoms with Crippen LogP contribution in [0.2, 0.25) is 0 Å². The predicted octanol–water partition coefficient (Wildman–Crippen LogP) is 1.52. The Balaban J connectivity index is 1.63. The number of amides is 1. The molecule has 0 aliphatic carbocycles. The standard InChI is InChI=1S/C17H14FN5O2/c18-14-8-6-13(7-9-14)17(21-23-15(25-17)11-20-22-23)16(24)19-10-12-4-2-1-3-5-12/h1-9,11,21H,10H2,(H,19,24)/t17-/m0/s1. The van der Waals surface area contributed by atoms with Gasteiger partial charge >= 0.3 is 5.72 Å². The van der Waals surface area contributed by atoms with Crippen LogP contribution >= 0.6 is 0 Å². The fourth-order valence-electron chi connectivity index (χ4n) is 2.64. The Morgan fingerprint density at radius 1 is 1.20 bits per heavy atom. The Morgan fingerprint density at radius 3 is 2.68 bits per heavy atom. The van der Waals surface area contributed by atoms with Crippen LogP contribution in [-0.2, 0) is 17.1 Å². The molecule has 0 unspecified atom stereocenters. The molecule has 2 N–H and O–H groups in total. The van der Waals surface area contributed by atoms with Gasteiger partial charge in [-0.2, -0.15) is 0 Å². The number of rotatable bonds is 4. The lowest BCUT2D eigenvalue weighted by atomic mass is 10.0. The first-order chi connectivity index (χ1) is 12.2. The van der Waals surface area contributed by atoms with Gasteiger partial charge in [-0.25, -0.2) is 4.39 Å². The van der Waals surface area contributed by atoms with E-state index in [0.717, 1.165) is 5.56 Å². The maximum absolute atomic E-state index is 13.3. The smallest absolute Gasteiger partial charge is 0.302 e. The molecule has 1 amide bonds. The molecule has 25 heavy (non-hydrogen) atoms. The summed E-state index contributed by atoms with van der Waals surface area (Å²) in [5.41, 5.74) is 2.73. The summed E-state index contributed by atoms with van der Waals surface area (Å²) in [7, 11) is 0. The summed E-state index contributed by atoms with van der Waals surface area (Å²) in [6.07, 6.45) is 1.39. The van der Waals surface area contributed by atoms with Crippen molar-refractivity contribution in [3.05, 3.63) is 77.7 Å². The lowest BCUT2D eigenvalue weighted by Crippen LogP contribution is -2.53. The highest BCUT2D eigenvalue weighted by Gasteiger charge is 2.49. The van der Waals surface area contributed by atoms with Gasteiger partial charge in [0.15, 0.2) is 0 Å². The molecule has 7 nitrogen and oxygen atoms in total. The minimum absolute atomic E-state index is 0.291. The average Bonchev–Trinajstić information content (AvgIpc) is 3.21. The summed E-state index contributed by atoms with van der Waals surface area (Å²) in [5, 5.41) is 10.4. The average molecular weight is 339 g/mol. The molecule has 2 aromatic carbocycles. The van der Waals surface area contributed by atoms with Crippen LogP contribution in [0, 0.1) is 5.82 Å². The quantitative estimate of drug-likeness (QED) is 0.753. The molecule has 2 heterocycles. The molecule has 0 radical (unpaired) electrons. The van der Waals surface area contributed by atoms with Crippen molar-refractivity contribution in [2.45, 2.75) is 12.3 Å². The number of ether oxygens (including phenoxy) is 1. The molecule has 0 saturated heterocycles. The van der Waals surface area contributed by atoms with Crippen molar-refractivity contribution in [3.8, 4) is 5.88 Å². The molecule has 8 heteroatoms. The predicted molar refractivity (Wildman–Crippen MR) is 86.4 cm³/mol. The molecule has 3 aromatic rings. The van der Waals surface area contributed by atoms with E-state index in [1.165, 1.54) is 35.3 Å². The van der Waals surface area contributed by atoms with Gasteiger partial charge in [0.2, 0.25) is 0 Å². The number of benzene rings is 2. The van der Waals surface area contributed by atoms with E-state index in [2.05, 4.69) is 21.1 Å². The van der Waals surface area contributed by atoms with Crippen LogP contribution in [0.5, 0.6) is 5.88 Å². The summed E-state index contributed by atoms with van der Waals surface area (Å²) in [6, 6.07) is 15.0. The van der Waals surface area contributed by atoms with E-state index in [1.54, 1.807) is 0 Å². The Labute approximate surface area is 142 Å². The van der Waals surface area contributed by atoms with Crippen molar-refractivity contribution in [1.82, 2.24) is 20.4 Å². The zero-order valence-corrected chi connectivity index (χ0v) is 13.0. The number of carbonyl (C=O) groups excluding carboxylic acids is 1. The first kappa shape index (κ1) is 15.1. The fraction of sp³-hybridized carbons (Fsp3) is 0.118. The molecular formula is C17H14FN5O2. The number of halogens is 1. The number of carbonyl (C=O) groups is 1. The third-order valence-electron chi connectivity index (χ3n) is 3.91. The molecule has 126 valence electrons. The van der Waals surface area contributed by atoms with Crippen LogP contribution in [0.4, 0.5) is 4.39 Å². The third kappa shape index (κ3) is 2.67. The molecule has 4 rings (SSSR count). The summed E-state index contributed by atoms with van der Waals surface area (Å²) in [4.78, 5) is 14.2. The molecule has 1 aromatic heterocycles. The number of hydrogen-bond donors (Lipinski definition) is 2. The van der Waals surface area contributed by atoms with Gasteiger partial charge in [-0.05, 0) is 35.0 Å². The molecule has 0 spiro atoms. The molecule has 1 aliphatic rings. The van der Waals surface area contributed by atoms with Crippen LogP contribution in [0.1, 0.15) is 11.1 Å². The molecular weight excluding hydrogens is 325 g/mol. The maximum Gasteiger partial charge on any atom is 0.302 e. The summed E-state index contributed by atoms with van der Waals surface area (Å²) in [5.74, 6) is -0.534. The largest absolute Gasteiger partial charge is 0.433 e. The van der Waals surface area contributed by atoms with Crippen LogP contribution < -0.4 is 15.5 Å². The topological polar surface area (TPSA) is 81.1 Å². The first-order valence-corrected chi connectivity index (χ1v) is 7.63. The second-order valence-electron chi connectivity index (χ2n) is 5.55. The minimum atomic E-state index is -1.55. The van der Waals surface area contributed by atoms with E-state index in [1.807, 2.05) is 30.3 Å². The van der Waals surface area contributed by atoms with Crippen LogP contribution in [-0.4, -0.2) is 21.0 Å². The van der Waals surface area contributed by atoms with E-state index < -0.39 is 17.4 Å². The summed E-state index contributed by atoms with van der Waals surface area (Å²) >= 11 is 0. The van der Waals surface area contributed by atoms with E-state index in [-0.39, 0.29) is 0 Å². The van der Waals surface area contributed by atoms with E-state index in [4.69, 9.17) is 4.74 Å². The van der Waals surface area contributed by atoms with Gasteiger partial charge in [0.1, 0.15) is 12.0 Å². The van der Waals surface area contributed by atoms with Gasteiger partial charge < -0.3 is 10.1 Å². The Bertz CT molecular complexity index is 874. The molecule has 1 atom stereocenters. The maximum atomic E-state index is 13.3. The lowest BCUT2D eigenvalue weighted by molar-refractivity contribution is -0.134. The third-order valence-corrected chi connectivity index (χ3v) is 3.91. The van der Waals surface area contributed by atoms with Crippen molar-refractivity contribution in [3.63, 3.8) is 0 Å². The van der Waals surface area contributed by atoms with E-state index in [0.29, 0.717) is 18.0 Å². The zero-order valence-electron chi connectivity index (χ0n) is 13.0. The SMILES string of the molecule is O=C(NCc1ccccc1)[C@@]1(c2ccc(F)cc2)Nn2nncc2O1. The van der Waals surface area contributed by atoms with Gasteiger partial charge in [-0.1, -0.05) is 30.3 Å². The lowest BCUT2D eigenvalue weighted by Gasteiger charge is -2.27. The van der Waals surface area contributed by atoms with Crippen molar-refractivity contribution >= 4 is 5.91 Å². The van der Waals surface area contributed by atoms with Crippen molar-refractivity contribution in [1.29, 1.82) is 0 Å². The number of nitrogens with one attached hydrogen (secondary N) is 2. The van der Waals surface area contributed by atoms with Crippen molar-refractivity contribution in [2.24, 2.45) is 0 Å². The van der Waals surface area contributed by atoms with Gasteiger partial charge in [0.05, 0.1) is 0 Å².